The molecule has 0 bridgehead atoms. The van der Waals surface area contributed by atoms with Crippen molar-refractivity contribution in [1.29, 1.82) is 0 Å². The largest absolute Gasteiger partial charge is 0.434 e. The van der Waals surface area contributed by atoms with Crippen molar-refractivity contribution in [2.45, 2.75) is 6.18 Å². The number of hydrogen-bond acceptors (Lipinski definition) is 4. The lowest BCUT2D eigenvalue weighted by atomic mass is 10.1. The summed E-state index contributed by atoms with van der Waals surface area (Å²) in [5.41, 5.74) is -0.380. The molecule has 3 nitrogen and oxygen atoms in total. The second-order valence-electron chi connectivity index (χ2n) is 4.78. The highest BCUT2D eigenvalue weighted by atomic mass is 35.5. The summed E-state index contributed by atoms with van der Waals surface area (Å²) in [7, 11) is 0. The third kappa shape index (κ3) is 3.21. The molecule has 2 aromatic rings. The standard InChI is InChI=1S/C14H12ClF3N2OS/c15-10-3-1-9(2-4-10)11-12(14(16,17)18)19-13(22-11)20-5-7-21-8-6-20/h1-4H,5-8H2. The fraction of sp³-hybridized carbons (Fsp3) is 0.357. The maximum absolute atomic E-state index is 13.3. The van der Waals surface area contributed by atoms with Gasteiger partial charge in [-0.1, -0.05) is 35.1 Å². The molecule has 3 rings (SSSR count). The van der Waals surface area contributed by atoms with E-state index in [0.717, 1.165) is 11.3 Å². The first kappa shape index (κ1) is 15.6. The van der Waals surface area contributed by atoms with Crippen LogP contribution in [0.3, 0.4) is 0 Å². The first-order chi connectivity index (χ1) is 10.4. The zero-order valence-corrected chi connectivity index (χ0v) is 12.9. The summed E-state index contributed by atoms with van der Waals surface area (Å²) in [6.45, 7) is 2.09. The molecule has 1 fully saturated rings. The van der Waals surface area contributed by atoms with Gasteiger partial charge in [-0.15, -0.1) is 0 Å². The van der Waals surface area contributed by atoms with E-state index in [1.54, 1.807) is 24.3 Å². The number of nitrogens with zero attached hydrogens (tertiary/aromatic N) is 2. The number of alkyl halides is 3. The lowest BCUT2D eigenvalue weighted by molar-refractivity contribution is -0.140. The number of hydrogen-bond donors (Lipinski definition) is 0. The fourth-order valence-electron chi connectivity index (χ4n) is 2.19. The maximum Gasteiger partial charge on any atom is 0.434 e. The van der Waals surface area contributed by atoms with Gasteiger partial charge in [0.2, 0.25) is 0 Å². The van der Waals surface area contributed by atoms with E-state index in [1.165, 1.54) is 0 Å². The third-order valence-electron chi connectivity index (χ3n) is 3.27. The van der Waals surface area contributed by atoms with Crippen LogP contribution in [0.1, 0.15) is 5.69 Å². The molecule has 1 saturated heterocycles. The van der Waals surface area contributed by atoms with Crippen LogP contribution in [0, 0.1) is 0 Å². The monoisotopic (exact) mass is 348 g/mol. The Morgan fingerprint density at radius 1 is 1.14 bits per heavy atom. The van der Waals surface area contributed by atoms with Crippen molar-refractivity contribution in [3.05, 3.63) is 35.0 Å². The second kappa shape index (κ2) is 6.06. The molecule has 0 saturated carbocycles. The Bertz CT molecular complexity index is 651. The molecule has 0 aliphatic carbocycles. The topological polar surface area (TPSA) is 25.4 Å². The Kier molecular flexibility index (Phi) is 4.29. The van der Waals surface area contributed by atoms with Crippen LogP contribution < -0.4 is 4.90 Å². The lowest BCUT2D eigenvalue weighted by Gasteiger charge is -2.26. The molecule has 0 N–H and O–H groups in total. The van der Waals surface area contributed by atoms with Crippen molar-refractivity contribution in [3.8, 4) is 10.4 Å². The lowest BCUT2D eigenvalue weighted by Crippen LogP contribution is -2.36. The van der Waals surface area contributed by atoms with E-state index >= 15 is 0 Å². The molecular weight excluding hydrogens is 337 g/mol. The third-order valence-corrected chi connectivity index (χ3v) is 4.69. The van der Waals surface area contributed by atoms with Gasteiger partial charge in [-0.05, 0) is 17.7 Å². The molecule has 1 aromatic carbocycles. The van der Waals surface area contributed by atoms with Crippen molar-refractivity contribution >= 4 is 28.1 Å². The number of rotatable bonds is 2. The van der Waals surface area contributed by atoms with E-state index < -0.39 is 11.9 Å². The highest BCUT2D eigenvalue weighted by Crippen LogP contribution is 2.43. The molecule has 0 spiro atoms. The number of ether oxygens (including phenoxy) is 1. The average molecular weight is 349 g/mol. The van der Waals surface area contributed by atoms with E-state index in [4.69, 9.17) is 16.3 Å². The van der Waals surface area contributed by atoms with Crippen LogP contribution in [0.5, 0.6) is 0 Å². The molecule has 2 heterocycles. The van der Waals surface area contributed by atoms with Crippen molar-refractivity contribution in [2.24, 2.45) is 0 Å². The summed E-state index contributed by atoms with van der Waals surface area (Å²) in [5.74, 6) is 0. The summed E-state index contributed by atoms with van der Waals surface area (Å²) in [6, 6.07) is 6.30. The van der Waals surface area contributed by atoms with Crippen molar-refractivity contribution in [2.75, 3.05) is 31.2 Å². The van der Waals surface area contributed by atoms with Crippen LogP contribution in [0.25, 0.3) is 10.4 Å². The van der Waals surface area contributed by atoms with Gasteiger partial charge >= 0.3 is 6.18 Å². The Morgan fingerprint density at radius 3 is 2.36 bits per heavy atom. The Balaban J connectivity index is 2.03. The van der Waals surface area contributed by atoms with Gasteiger partial charge in [0, 0.05) is 18.1 Å². The zero-order valence-electron chi connectivity index (χ0n) is 11.4. The van der Waals surface area contributed by atoms with Crippen LogP contribution in [0.4, 0.5) is 18.3 Å². The molecule has 1 aliphatic rings. The van der Waals surface area contributed by atoms with E-state index in [1.807, 2.05) is 4.90 Å². The van der Waals surface area contributed by atoms with Gasteiger partial charge in [0.25, 0.3) is 0 Å². The zero-order chi connectivity index (χ0) is 15.7. The van der Waals surface area contributed by atoms with E-state index in [-0.39, 0.29) is 4.88 Å². The van der Waals surface area contributed by atoms with Gasteiger partial charge in [0.1, 0.15) is 0 Å². The van der Waals surface area contributed by atoms with E-state index in [0.29, 0.717) is 42.0 Å². The van der Waals surface area contributed by atoms with Crippen LogP contribution in [0.15, 0.2) is 24.3 Å². The molecule has 118 valence electrons. The van der Waals surface area contributed by atoms with E-state index in [9.17, 15) is 13.2 Å². The summed E-state index contributed by atoms with van der Waals surface area (Å²) in [4.78, 5) is 5.77. The highest BCUT2D eigenvalue weighted by Gasteiger charge is 2.38. The Labute approximate surface area is 134 Å². The molecule has 1 aliphatic heterocycles. The minimum atomic E-state index is -4.49. The first-order valence-electron chi connectivity index (χ1n) is 6.62. The SMILES string of the molecule is FC(F)(F)c1nc(N2CCOCC2)sc1-c1ccc(Cl)cc1. The number of thiazole rings is 1. The fourth-order valence-corrected chi connectivity index (χ4v) is 3.46. The summed E-state index contributed by atoms with van der Waals surface area (Å²) in [6.07, 6.45) is -4.49. The van der Waals surface area contributed by atoms with Gasteiger partial charge in [-0.3, -0.25) is 0 Å². The van der Waals surface area contributed by atoms with Crippen molar-refractivity contribution < 1.29 is 17.9 Å². The smallest absolute Gasteiger partial charge is 0.378 e. The molecule has 0 radical (unpaired) electrons. The van der Waals surface area contributed by atoms with Crippen LogP contribution in [-0.4, -0.2) is 31.3 Å². The molecular formula is C14H12ClF3N2OS. The van der Waals surface area contributed by atoms with E-state index in [2.05, 4.69) is 4.98 Å². The van der Waals surface area contributed by atoms with Crippen molar-refractivity contribution in [1.82, 2.24) is 4.98 Å². The van der Waals surface area contributed by atoms with Gasteiger partial charge in [-0.25, -0.2) is 4.98 Å². The number of morpholine rings is 1. The number of halogens is 4. The Morgan fingerprint density at radius 2 is 1.77 bits per heavy atom. The number of aromatic nitrogens is 1. The Hall–Kier alpha value is -1.31. The summed E-state index contributed by atoms with van der Waals surface area (Å²) in [5, 5.41) is 0.857. The summed E-state index contributed by atoms with van der Waals surface area (Å²) >= 11 is 6.85. The molecule has 8 heteroatoms. The molecule has 0 atom stereocenters. The minimum absolute atomic E-state index is 0.116. The quantitative estimate of drug-likeness (QED) is 0.808. The highest BCUT2D eigenvalue weighted by molar-refractivity contribution is 7.19. The first-order valence-corrected chi connectivity index (χ1v) is 7.81. The summed E-state index contributed by atoms with van der Waals surface area (Å²) < 4.78 is 45.0. The predicted molar refractivity (Wildman–Crippen MR) is 80.6 cm³/mol. The van der Waals surface area contributed by atoms with Gasteiger partial charge in [0.05, 0.1) is 18.1 Å². The van der Waals surface area contributed by atoms with Crippen LogP contribution in [0.2, 0.25) is 5.02 Å². The second-order valence-corrected chi connectivity index (χ2v) is 6.19. The van der Waals surface area contributed by atoms with Gasteiger partial charge in [0.15, 0.2) is 10.8 Å². The maximum atomic E-state index is 13.3. The van der Waals surface area contributed by atoms with Gasteiger partial charge < -0.3 is 9.64 Å². The number of benzene rings is 1. The molecule has 1 aromatic heterocycles. The number of anilines is 1. The molecule has 22 heavy (non-hydrogen) atoms. The van der Waals surface area contributed by atoms with Gasteiger partial charge in [-0.2, -0.15) is 13.2 Å². The van der Waals surface area contributed by atoms with Crippen molar-refractivity contribution in [3.63, 3.8) is 0 Å². The average Bonchev–Trinajstić information content (AvgIpc) is 2.94. The minimum Gasteiger partial charge on any atom is -0.378 e. The predicted octanol–water partition coefficient (Wildman–Crippen LogP) is 4.32. The van der Waals surface area contributed by atoms with Crippen LogP contribution in [-0.2, 0) is 10.9 Å². The molecule has 0 unspecified atom stereocenters. The molecule has 0 amide bonds. The normalized spacial score (nSPS) is 16.1. The van der Waals surface area contributed by atoms with Crippen LogP contribution >= 0.6 is 22.9 Å².